The number of alkyl halides is 2. The average Bonchev–Trinajstić information content (AvgIpc) is 3.28. The zero-order chi connectivity index (χ0) is 19.3. The molecular weight excluding hydrogens is 346 g/mol. The number of halogens is 2. The number of nitrogens with one attached hydrogen (secondary N) is 1. The van der Waals surface area contributed by atoms with E-state index in [1.807, 2.05) is 13.8 Å². The molecule has 3 rings (SSSR count). The molecule has 1 unspecified atom stereocenters. The van der Waals surface area contributed by atoms with Crippen molar-refractivity contribution in [3.05, 3.63) is 30.0 Å². The average molecular weight is 368 g/mol. The Morgan fingerprint density at radius 3 is 2.69 bits per heavy atom. The predicted molar refractivity (Wildman–Crippen MR) is 92.6 cm³/mol. The fourth-order valence-corrected chi connectivity index (χ4v) is 2.84. The lowest BCUT2D eigenvalue weighted by molar-refractivity contribution is -0.159. The Hall–Kier alpha value is -2.48. The van der Waals surface area contributed by atoms with Gasteiger partial charge in [-0.3, -0.25) is 9.59 Å². The van der Waals surface area contributed by atoms with Crippen LogP contribution in [0.1, 0.15) is 30.6 Å². The van der Waals surface area contributed by atoms with Gasteiger partial charge in [0.25, 0.3) is 11.7 Å². The van der Waals surface area contributed by atoms with Gasteiger partial charge in [-0.25, -0.2) is 0 Å². The molecule has 0 spiro atoms. The number of benzene rings is 1. The number of aromatic nitrogens is 1. The molecule has 0 aliphatic carbocycles. The molecule has 1 aromatic carbocycles. The molecule has 1 aliphatic rings. The number of carbonyl (C=O) groups is 2. The van der Waals surface area contributed by atoms with Crippen LogP contribution in [0.5, 0.6) is 5.75 Å². The molecule has 1 aliphatic heterocycles. The summed E-state index contributed by atoms with van der Waals surface area (Å²) in [5.74, 6) is -0.846. The Labute approximate surface area is 150 Å². The maximum atomic E-state index is 12.5. The maximum Gasteiger partial charge on any atom is 0.345 e. The third-order valence-corrected chi connectivity index (χ3v) is 4.06. The molecular formula is C18H22F2N2O4. The summed E-state index contributed by atoms with van der Waals surface area (Å²) in [6, 6.07) is 5.15. The second kappa shape index (κ2) is 8.75. The molecule has 1 atom stereocenters. The molecule has 0 bridgehead atoms. The van der Waals surface area contributed by atoms with Gasteiger partial charge in [-0.15, -0.1) is 0 Å². The minimum atomic E-state index is -2.89. The van der Waals surface area contributed by atoms with Crippen molar-refractivity contribution in [1.82, 2.24) is 9.88 Å². The molecule has 1 fully saturated rings. The number of likely N-dealkylation sites (tertiary alicyclic amines) is 1. The van der Waals surface area contributed by atoms with E-state index >= 15 is 0 Å². The minimum Gasteiger partial charge on any atom is -0.497 e. The SMILES string of the molecule is CC.COc1ccc2[nH]cc(C(=O)C(=O)N3CCC(OC(F)F)C3)c2c1. The first kappa shape index (κ1) is 19.8. The predicted octanol–water partition coefficient (Wildman–Crippen LogP) is 3.23. The van der Waals surface area contributed by atoms with Gasteiger partial charge < -0.3 is 19.4 Å². The minimum absolute atomic E-state index is 0.0133. The third-order valence-electron chi connectivity index (χ3n) is 4.06. The van der Waals surface area contributed by atoms with E-state index in [4.69, 9.17) is 4.74 Å². The number of nitrogens with zero attached hydrogens (tertiary/aromatic N) is 1. The number of aromatic amines is 1. The summed E-state index contributed by atoms with van der Waals surface area (Å²) >= 11 is 0. The van der Waals surface area contributed by atoms with E-state index in [0.717, 1.165) is 0 Å². The van der Waals surface area contributed by atoms with Crippen LogP contribution >= 0.6 is 0 Å². The normalized spacial score (nSPS) is 16.5. The molecule has 8 heteroatoms. The van der Waals surface area contributed by atoms with Crippen LogP contribution in [0.15, 0.2) is 24.4 Å². The smallest absolute Gasteiger partial charge is 0.345 e. The zero-order valence-electron chi connectivity index (χ0n) is 14.9. The van der Waals surface area contributed by atoms with Gasteiger partial charge in [0.1, 0.15) is 5.75 Å². The van der Waals surface area contributed by atoms with Crippen LogP contribution in [0.25, 0.3) is 10.9 Å². The summed E-state index contributed by atoms with van der Waals surface area (Å²) < 4.78 is 34.0. The largest absolute Gasteiger partial charge is 0.497 e. The number of amides is 1. The van der Waals surface area contributed by atoms with Crippen LogP contribution in [0.2, 0.25) is 0 Å². The van der Waals surface area contributed by atoms with Crippen molar-refractivity contribution in [3.8, 4) is 5.75 Å². The summed E-state index contributed by atoms with van der Waals surface area (Å²) in [4.78, 5) is 29.0. The Morgan fingerprint density at radius 1 is 1.31 bits per heavy atom. The molecule has 1 N–H and O–H groups in total. The highest BCUT2D eigenvalue weighted by molar-refractivity contribution is 6.44. The van der Waals surface area contributed by atoms with Crippen molar-refractivity contribution < 1.29 is 27.8 Å². The summed E-state index contributed by atoms with van der Waals surface area (Å²) in [5.41, 5.74) is 0.930. The van der Waals surface area contributed by atoms with Crippen LogP contribution in [-0.2, 0) is 9.53 Å². The zero-order valence-corrected chi connectivity index (χ0v) is 14.9. The van der Waals surface area contributed by atoms with Crippen molar-refractivity contribution >= 4 is 22.6 Å². The number of Topliss-reactive ketones (excluding diaryl/α,β-unsaturated/α-hetero) is 1. The van der Waals surface area contributed by atoms with Gasteiger partial charge >= 0.3 is 6.61 Å². The van der Waals surface area contributed by atoms with Crippen molar-refractivity contribution in [2.24, 2.45) is 0 Å². The number of fused-ring (bicyclic) bond motifs is 1. The van der Waals surface area contributed by atoms with Crippen molar-refractivity contribution in [2.75, 3.05) is 20.2 Å². The number of hydrogen-bond acceptors (Lipinski definition) is 4. The third kappa shape index (κ3) is 4.19. The van der Waals surface area contributed by atoms with Crippen LogP contribution in [0.3, 0.4) is 0 Å². The molecule has 26 heavy (non-hydrogen) atoms. The van der Waals surface area contributed by atoms with Gasteiger partial charge in [0.2, 0.25) is 0 Å². The molecule has 6 nitrogen and oxygen atoms in total. The number of carbonyl (C=O) groups excluding carboxylic acids is 2. The number of H-pyrrole nitrogens is 1. The Bertz CT molecular complexity index is 776. The van der Waals surface area contributed by atoms with E-state index < -0.39 is 24.4 Å². The highest BCUT2D eigenvalue weighted by Gasteiger charge is 2.33. The maximum absolute atomic E-state index is 12.5. The molecule has 0 saturated carbocycles. The lowest BCUT2D eigenvalue weighted by Crippen LogP contribution is -2.35. The van der Waals surface area contributed by atoms with E-state index in [2.05, 4.69) is 9.72 Å². The molecule has 1 saturated heterocycles. The van der Waals surface area contributed by atoms with E-state index in [1.54, 1.807) is 18.2 Å². The number of hydrogen-bond donors (Lipinski definition) is 1. The fourth-order valence-electron chi connectivity index (χ4n) is 2.84. The second-order valence-electron chi connectivity index (χ2n) is 5.50. The van der Waals surface area contributed by atoms with Gasteiger partial charge in [0, 0.05) is 30.2 Å². The fraction of sp³-hybridized carbons (Fsp3) is 0.444. The lowest BCUT2D eigenvalue weighted by Gasteiger charge is -2.15. The van der Waals surface area contributed by atoms with Crippen LogP contribution in [0, 0.1) is 0 Å². The van der Waals surface area contributed by atoms with Crippen LogP contribution in [-0.4, -0.2) is 54.5 Å². The van der Waals surface area contributed by atoms with Gasteiger partial charge in [0.05, 0.1) is 18.8 Å². The molecule has 2 heterocycles. The quantitative estimate of drug-likeness (QED) is 0.650. The molecule has 1 amide bonds. The number of rotatable bonds is 5. The number of ether oxygens (including phenoxy) is 2. The molecule has 142 valence electrons. The lowest BCUT2D eigenvalue weighted by atomic mass is 10.1. The van der Waals surface area contributed by atoms with Gasteiger partial charge in [-0.05, 0) is 24.6 Å². The highest BCUT2D eigenvalue weighted by atomic mass is 19.3. The van der Waals surface area contributed by atoms with E-state index in [9.17, 15) is 18.4 Å². The van der Waals surface area contributed by atoms with E-state index in [1.165, 1.54) is 18.2 Å². The van der Waals surface area contributed by atoms with Gasteiger partial charge in [-0.2, -0.15) is 8.78 Å². The highest BCUT2D eigenvalue weighted by Crippen LogP contribution is 2.25. The topological polar surface area (TPSA) is 71.6 Å². The van der Waals surface area contributed by atoms with Crippen molar-refractivity contribution in [3.63, 3.8) is 0 Å². The Kier molecular flexibility index (Phi) is 6.68. The first-order chi connectivity index (χ1) is 12.5. The second-order valence-corrected chi connectivity index (χ2v) is 5.50. The summed E-state index contributed by atoms with van der Waals surface area (Å²) in [7, 11) is 1.51. The van der Waals surface area contributed by atoms with E-state index in [-0.39, 0.29) is 25.1 Å². The summed E-state index contributed by atoms with van der Waals surface area (Å²) in [5, 5.41) is 0.576. The molecule has 1 aromatic heterocycles. The van der Waals surface area contributed by atoms with Gasteiger partial charge in [0.15, 0.2) is 0 Å². The molecule has 2 aromatic rings. The van der Waals surface area contributed by atoms with Gasteiger partial charge in [-0.1, -0.05) is 13.8 Å². The Morgan fingerprint density at radius 2 is 2.04 bits per heavy atom. The first-order valence-corrected chi connectivity index (χ1v) is 8.42. The summed E-state index contributed by atoms with van der Waals surface area (Å²) in [6.07, 6.45) is 1.00. The standard InChI is InChI=1S/C16H16F2N2O4.C2H6/c1-23-9-2-3-13-11(6-9)12(7-19-13)14(21)15(22)20-5-4-10(8-20)24-16(17)18;1-2/h2-3,6-7,10,16,19H,4-5,8H2,1H3;1-2H3. The molecule has 0 radical (unpaired) electrons. The van der Waals surface area contributed by atoms with Crippen LogP contribution < -0.4 is 4.74 Å². The first-order valence-electron chi connectivity index (χ1n) is 8.42. The monoisotopic (exact) mass is 368 g/mol. The van der Waals surface area contributed by atoms with Crippen molar-refractivity contribution in [2.45, 2.75) is 33.0 Å². The Balaban J connectivity index is 0.00000117. The van der Waals surface area contributed by atoms with Crippen molar-refractivity contribution in [1.29, 1.82) is 0 Å². The number of ketones is 1. The van der Waals surface area contributed by atoms with E-state index in [0.29, 0.717) is 16.7 Å². The summed E-state index contributed by atoms with van der Waals surface area (Å²) in [6.45, 7) is 1.32. The number of methoxy groups -OCH3 is 1. The van der Waals surface area contributed by atoms with Crippen LogP contribution in [0.4, 0.5) is 8.78 Å².